The van der Waals surface area contributed by atoms with Crippen molar-refractivity contribution in [2.75, 3.05) is 5.73 Å². The Morgan fingerprint density at radius 1 is 1.23 bits per heavy atom. The molecule has 4 N–H and O–H groups in total. The molecule has 0 aliphatic heterocycles. The van der Waals surface area contributed by atoms with Gasteiger partial charge in [-0.3, -0.25) is 14.8 Å². The van der Waals surface area contributed by atoms with Gasteiger partial charge in [0.1, 0.15) is 11.4 Å². The SMILES string of the molecule is Cc1nn(Cc2cccc(C(=O)O/N=C(\N)c3cccc(N)c3C)c2)c(C)c1[N+](=O)[O-]. The molecule has 3 rings (SSSR count). The summed E-state index contributed by atoms with van der Waals surface area (Å²) < 4.78 is 1.52. The lowest BCUT2D eigenvalue weighted by atomic mass is 10.1. The van der Waals surface area contributed by atoms with Crippen LogP contribution in [-0.4, -0.2) is 26.5 Å². The number of rotatable bonds is 6. The molecule has 10 heteroatoms. The third-order valence-corrected chi connectivity index (χ3v) is 4.90. The van der Waals surface area contributed by atoms with Crippen LogP contribution in [0.4, 0.5) is 11.4 Å². The van der Waals surface area contributed by atoms with Gasteiger partial charge in [-0.2, -0.15) is 5.10 Å². The number of amidine groups is 1. The van der Waals surface area contributed by atoms with E-state index in [1.165, 1.54) is 4.68 Å². The molecule has 3 aromatic rings. The molecule has 0 fully saturated rings. The summed E-state index contributed by atoms with van der Waals surface area (Å²) >= 11 is 0. The van der Waals surface area contributed by atoms with Crippen LogP contribution in [0.2, 0.25) is 0 Å². The Balaban J connectivity index is 1.77. The van der Waals surface area contributed by atoms with Gasteiger partial charge in [0.2, 0.25) is 0 Å². The molecule has 0 unspecified atom stereocenters. The van der Waals surface area contributed by atoms with Crippen molar-refractivity contribution in [3.63, 3.8) is 0 Å². The zero-order chi connectivity index (χ0) is 22.7. The molecular formula is C21H22N6O4. The molecule has 31 heavy (non-hydrogen) atoms. The van der Waals surface area contributed by atoms with Crippen molar-refractivity contribution in [2.24, 2.45) is 10.9 Å². The molecule has 160 valence electrons. The molecular weight excluding hydrogens is 400 g/mol. The number of nitrogens with zero attached hydrogens (tertiary/aromatic N) is 4. The fourth-order valence-electron chi connectivity index (χ4n) is 3.20. The number of carbonyl (C=O) groups is 1. The van der Waals surface area contributed by atoms with Crippen molar-refractivity contribution in [3.05, 3.63) is 86.2 Å². The summed E-state index contributed by atoms with van der Waals surface area (Å²) in [4.78, 5) is 28.2. The number of nitro groups is 1. The Morgan fingerprint density at radius 3 is 2.61 bits per heavy atom. The summed E-state index contributed by atoms with van der Waals surface area (Å²) in [5, 5.41) is 19.1. The molecule has 1 heterocycles. The average molecular weight is 422 g/mol. The van der Waals surface area contributed by atoms with E-state index in [0.717, 1.165) is 11.1 Å². The molecule has 0 aliphatic carbocycles. The van der Waals surface area contributed by atoms with Gasteiger partial charge in [-0.25, -0.2) is 4.79 Å². The van der Waals surface area contributed by atoms with E-state index < -0.39 is 10.9 Å². The van der Waals surface area contributed by atoms with E-state index in [2.05, 4.69) is 10.3 Å². The topological polar surface area (TPSA) is 152 Å². The molecule has 2 aromatic carbocycles. The summed E-state index contributed by atoms with van der Waals surface area (Å²) in [6.07, 6.45) is 0. The van der Waals surface area contributed by atoms with Crippen LogP contribution in [0.25, 0.3) is 0 Å². The quantitative estimate of drug-likeness (QED) is 0.155. The van der Waals surface area contributed by atoms with Gasteiger partial charge in [-0.05, 0) is 50.1 Å². The van der Waals surface area contributed by atoms with Crippen molar-refractivity contribution >= 4 is 23.2 Å². The minimum atomic E-state index is -0.689. The van der Waals surface area contributed by atoms with Crippen LogP contribution in [0.15, 0.2) is 47.6 Å². The van der Waals surface area contributed by atoms with Crippen LogP contribution in [0.3, 0.4) is 0 Å². The Labute approximate surface area is 178 Å². The summed E-state index contributed by atoms with van der Waals surface area (Å²) in [5.74, 6) is -0.657. The number of nitrogen functional groups attached to an aromatic ring is 1. The molecule has 0 amide bonds. The first kappa shape index (κ1) is 21.5. The maximum atomic E-state index is 12.4. The van der Waals surface area contributed by atoms with Gasteiger partial charge < -0.3 is 16.3 Å². The van der Waals surface area contributed by atoms with Crippen LogP contribution in [0.5, 0.6) is 0 Å². The van der Waals surface area contributed by atoms with E-state index in [4.69, 9.17) is 16.3 Å². The second-order valence-electron chi connectivity index (χ2n) is 7.01. The Hall–Kier alpha value is -4.21. The largest absolute Gasteiger partial charge is 0.398 e. The van der Waals surface area contributed by atoms with E-state index in [-0.39, 0.29) is 23.6 Å². The predicted molar refractivity (Wildman–Crippen MR) is 116 cm³/mol. The summed E-state index contributed by atoms with van der Waals surface area (Å²) in [5.41, 5.74) is 15.4. The number of hydrogen-bond donors (Lipinski definition) is 2. The number of benzene rings is 2. The van der Waals surface area contributed by atoms with Crippen LogP contribution >= 0.6 is 0 Å². The molecule has 0 saturated carbocycles. The highest BCUT2D eigenvalue weighted by Gasteiger charge is 2.22. The zero-order valence-electron chi connectivity index (χ0n) is 17.3. The minimum Gasteiger partial charge on any atom is -0.398 e. The van der Waals surface area contributed by atoms with E-state index in [9.17, 15) is 14.9 Å². The zero-order valence-corrected chi connectivity index (χ0v) is 17.3. The Bertz CT molecular complexity index is 1200. The summed E-state index contributed by atoms with van der Waals surface area (Å²) in [6, 6.07) is 11.9. The summed E-state index contributed by atoms with van der Waals surface area (Å²) in [7, 11) is 0. The fourth-order valence-corrected chi connectivity index (χ4v) is 3.20. The van der Waals surface area contributed by atoms with Gasteiger partial charge in [0.25, 0.3) is 0 Å². The first-order chi connectivity index (χ1) is 14.7. The molecule has 10 nitrogen and oxygen atoms in total. The number of oxime groups is 1. The molecule has 0 atom stereocenters. The normalized spacial score (nSPS) is 11.4. The third-order valence-electron chi connectivity index (χ3n) is 4.90. The van der Waals surface area contributed by atoms with Gasteiger partial charge >= 0.3 is 11.7 Å². The number of aromatic nitrogens is 2. The van der Waals surface area contributed by atoms with Crippen molar-refractivity contribution in [3.8, 4) is 0 Å². The molecule has 0 saturated heterocycles. The lowest BCUT2D eigenvalue weighted by molar-refractivity contribution is -0.386. The van der Waals surface area contributed by atoms with Crippen molar-refractivity contribution in [1.82, 2.24) is 9.78 Å². The third kappa shape index (κ3) is 4.53. The molecule has 0 aliphatic rings. The highest BCUT2D eigenvalue weighted by molar-refractivity contribution is 6.00. The maximum Gasteiger partial charge on any atom is 0.365 e. The lowest BCUT2D eigenvalue weighted by Crippen LogP contribution is -2.17. The monoisotopic (exact) mass is 422 g/mol. The molecule has 1 aromatic heterocycles. The van der Waals surface area contributed by atoms with E-state index in [0.29, 0.717) is 22.6 Å². The maximum absolute atomic E-state index is 12.4. The molecule has 0 radical (unpaired) electrons. The minimum absolute atomic E-state index is 0.0165. The number of aryl methyl sites for hydroxylation is 1. The summed E-state index contributed by atoms with van der Waals surface area (Å²) in [6.45, 7) is 5.27. The van der Waals surface area contributed by atoms with Crippen molar-refractivity contribution < 1.29 is 14.6 Å². The van der Waals surface area contributed by atoms with E-state index in [1.807, 2.05) is 0 Å². The second-order valence-corrected chi connectivity index (χ2v) is 7.01. The first-order valence-corrected chi connectivity index (χ1v) is 9.36. The highest BCUT2D eigenvalue weighted by Crippen LogP contribution is 2.23. The number of hydrogen-bond acceptors (Lipinski definition) is 7. The first-order valence-electron chi connectivity index (χ1n) is 9.36. The van der Waals surface area contributed by atoms with Crippen LogP contribution in [0.1, 0.15) is 38.4 Å². The van der Waals surface area contributed by atoms with Gasteiger partial charge in [0.05, 0.1) is 17.0 Å². The average Bonchev–Trinajstić information content (AvgIpc) is 3.01. The Morgan fingerprint density at radius 2 is 1.94 bits per heavy atom. The number of anilines is 1. The predicted octanol–water partition coefficient (Wildman–Crippen LogP) is 2.82. The smallest absolute Gasteiger partial charge is 0.365 e. The van der Waals surface area contributed by atoms with Gasteiger partial charge in [-0.1, -0.05) is 29.4 Å². The van der Waals surface area contributed by atoms with E-state index in [1.54, 1.807) is 63.2 Å². The molecule has 0 spiro atoms. The highest BCUT2D eigenvalue weighted by atomic mass is 16.7. The number of carbonyl (C=O) groups excluding carboxylic acids is 1. The van der Waals surface area contributed by atoms with Gasteiger partial charge in [0, 0.05) is 11.3 Å². The lowest BCUT2D eigenvalue weighted by Gasteiger charge is -2.08. The fraction of sp³-hybridized carbons (Fsp3) is 0.190. The van der Waals surface area contributed by atoms with Crippen LogP contribution < -0.4 is 11.5 Å². The van der Waals surface area contributed by atoms with Crippen LogP contribution in [-0.2, 0) is 11.4 Å². The van der Waals surface area contributed by atoms with Crippen molar-refractivity contribution in [2.45, 2.75) is 27.3 Å². The number of nitrogens with two attached hydrogens (primary N) is 2. The van der Waals surface area contributed by atoms with Gasteiger partial charge in [0.15, 0.2) is 5.84 Å². The van der Waals surface area contributed by atoms with Gasteiger partial charge in [-0.15, -0.1) is 0 Å². The van der Waals surface area contributed by atoms with Crippen molar-refractivity contribution in [1.29, 1.82) is 0 Å². The standard InChI is InChI=1S/C21H22N6O4/c1-12-17(8-5-9-18(12)22)20(23)25-31-21(28)16-7-4-6-15(10-16)11-26-14(3)19(27(29)30)13(2)24-26/h4-10H,11,22H2,1-3H3,(H2,23,25). The molecule has 0 bridgehead atoms. The Kier molecular flexibility index (Phi) is 6.00. The second kappa shape index (κ2) is 8.66. The van der Waals surface area contributed by atoms with E-state index >= 15 is 0 Å². The van der Waals surface area contributed by atoms with Crippen LogP contribution in [0, 0.1) is 30.9 Å².